The van der Waals surface area contributed by atoms with Crippen LogP contribution >= 0.6 is 11.3 Å². The number of nitrogens with zero attached hydrogens (tertiary/aromatic N) is 1. The van der Waals surface area contributed by atoms with Crippen molar-refractivity contribution in [2.24, 2.45) is 0 Å². The van der Waals surface area contributed by atoms with Crippen molar-refractivity contribution in [2.45, 2.75) is 63.1 Å². The molecule has 1 unspecified atom stereocenters. The van der Waals surface area contributed by atoms with Gasteiger partial charge in [0.15, 0.2) is 0 Å². The van der Waals surface area contributed by atoms with Crippen LogP contribution in [0, 0.1) is 0 Å². The van der Waals surface area contributed by atoms with E-state index in [0.717, 1.165) is 38.8 Å². The Morgan fingerprint density at radius 1 is 1.39 bits per heavy atom. The van der Waals surface area contributed by atoms with E-state index in [-0.39, 0.29) is 11.5 Å². The minimum atomic E-state index is -0.620. The number of carbonyl (C=O) groups is 1. The Kier molecular flexibility index (Phi) is 5.09. The van der Waals surface area contributed by atoms with E-state index in [1.54, 1.807) is 11.3 Å². The van der Waals surface area contributed by atoms with Crippen molar-refractivity contribution in [1.29, 1.82) is 0 Å². The lowest BCUT2D eigenvalue weighted by Crippen LogP contribution is -2.54. The Bertz CT molecular complexity index is 518. The number of rotatable bonds is 4. The third kappa shape index (κ3) is 4.34. The van der Waals surface area contributed by atoms with Gasteiger partial charge in [-0.1, -0.05) is 6.07 Å². The lowest BCUT2D eigenvalue weighted by molar-refractivity contribution is -0.175. The van der Waals surface area contributed by atoms with E-state index in [4.69, 9.17) is 4.74 Å². The molecular formula is C18H27NO3S. The molecule has 1 spiro atoms. The average molecular weight is 337 g/mol. The quantitative estimate of drug-likeness (QED) is 0.919. The van der Waals surface area contributed by atoms with Gasteiger partial charge in [-0.25, -0.2) is 0 Å². The molecule has 2 aliphatic heterocycles. The van der Waals surface area contributed by atoms with E-state index >= 15 is 0 Å². The zero-order valence-electron chi connectivity index (χ0n) is 13.9. The third-order valence-corrected chi connectivity index (χ3v) is 6.11. The maximum Gasteiger partial charge on any atom is 0.222 e. The second kappa shape index (κ2) is 6.91. The predicted octanol–water partition coefficient (Wildman–Crippen LogP) is 2.99. The highest BCUT2D eigenvalue weighted by Gasteiger charge is 2.44. The molecule has 2 aliphatic rings. The lowest BCUT2D eigenvalue weighted by atomic mass is 9.78. The molecule has 0 aromatic carbocycles. The number of likely N-dealkylation sites (tertiary alicyclic amines) is 1. The lowest BCUT2D eigenvalue weighted by Gasteiger charge is -2.48. The van der Waals surface area contributed by atoms with Crippen molar-refractivity contribution >= 4 is 17.2 Å². The van der Waals surface area contributed by atoms with E-state index in [1.165, 1.54) is 4.88 Å². The highest BCUT2D eigenvalue weighted by Crippen LogP contribution is 2.39. The molecule has 1 N–H and O–H groups in total. The molecule has 1 amide bonds. The van der Waals surface area contributed by atoms with Crippen LogP contribution in [0.1, 0.15) is 50.3 Å². The molecule has 0 aliphatic carbocycles. The normalized spacial score (nSPS) is 27.3. The zero-order chi connectivity index (χ0) is 16.3. The molecule has 4 nitrogen and oxygen atoms in total. The van der Waals surface area contributed by atoms with Gasteiger partial charge in [0.1, 0.15) is 0 Å². The van der Waals surface area contributed by atoms with Crippen molar-refractivity contribution in [3.05, 3.63) is 22.4 Å². The van der Waals surface area contributed by atoms with E-state index in [0.29, 0.717) is 25.9 Å². The number of hydrogen-bond donors (Lipinski definition) is 1. The SMILES string of the molecule is CC1(O)CCOC2(CCN(C(=O)CCCc3cccs3)CC2)C1. The maximum absolute atomic E-state index is 12.4. The van der Waals surface area contributed by atoms with Gasteiger partial charge < -0.3 is 14.7 Å². The average Bonchev–Trinajstić information content (AvgIpc) is 3.00. The summed E-state index contributed by atoms with van der Waals surface area (Å²) in [6.45, 7) is 4.04. The first-order valence-corrected chi connectivity index (χ1v) is 9.53. The predicted molar refractivity (Wildman–Crippen MR) is 91.6 cm³/mol. The van der Waals surface area contributed by atoms with Gasteiger partial charge in [-0.05, 0) is 50.5 Å². The van der Waals surface area contributed by atoms with Crippen molar-refractivity contribution in [3.8, 4) is 0 Å². The molecule has 1 aromatic heterocycles. The van der Waals surface area contributed by atoms with Crippen molar-refractivity contribution < 1.29 is 14.6 Å². The largest absolute Gasteiger partial charge is 0.390 e. The summed E-state index contributed by atoms with van der Waals surface area (Å²) >= 11 is 1.76. The van der Waals surface area contributed by atoms with Crippen LogP contribution in [-0.2, 0) is 16.0 Å². The Labute approximate surface area is 142 Å². The number of hydrogen-bond acceptors (Lipinski definition) is 4. The number of amides is 1. The molecule has 3 heterocycles. The standard InChI is InChI=1S/C18H27NO3S/c1-17(21)9-12-22-18(14-17)7-10-19(11-8-18)16(20)6-2-4-15-5-3-13-23-15/h3,5,13,21H,2,4,6-12,14H2,1H3. The van der Waals surface area contributed by atoms with E-state index < -0.39 is 5.60 Å². The van der Waals surface area contributed by atoms with Crippen LogP contribution in [0.2, 0.25) is 0 Å². The van der Waals surface area contributed by atoms with E-state index in [1.807, 2.05) is 11.8 Å². The Morgan fingerprint density at radius 3 is 2.83 bits per heavy atom. The van der Waals surface area contributed by atoms with Crippen molar-refractivity contribution in [2.75, 3.05) is 19.7 Å². The maximum atomic E-state index is 12.4. The molecule has 3 rings (SSSR count). The summed E-state index contributed by atoms with van der Waals surface area (Å²) in [4.78, 5) is 15.7. The Balaban J connectivity index is 1.44. The van der Waals surface area contributed by atoms with Gasteiger partial charge in [0.25, 0.3) is 0 Å². The van der Waals surface area contributed by atoms with Gasteiger partial charge in [0.05, 0.1) is 17.8 Å². The highest BCUT2D eigenvalue weighted by atomic mass is 32.1. The Hall–Kier alpha value is -0.910. The molecular weight excluding hydrogens is 310 g/mol. The topological polar surface area (TPSA) is 49.8 Å². The summed E-state index contributed by atoms with van der Waals surface area (Å²) in [5.41, 5.74) is -0.833. The van der Waals surface area contributed by atoms with Crippen LogP contribution in [0.4, 0.5) is 0 Å². The molecule has 2 saturated heterocycles. The van der Waals surface area contributed by atoms with E-state index in [2.05, 4.69) is 17.5 Å². The summed E-state index contributed by atoms with van der Waals surface area (Å²) in [5, 5.41) is 12.4. The number of carbonyl (C=O) groups excluding carboxylic acids is 1. The third-order valence-electron chi connectivity index (χ3n) is 5.17. The van der Waals surface area contributed by atoms with Gasteiger partial charge >= 0.3 is 0 Å². The fourth-order valence-electron chi connectivity index (χ4n) is 3.83. The number of thiophene rings is 1. The minimum absolute atomic E-state index is 0.213. The summed E-state index contributed by atoms with van der Waals surface area (Å²) in [6, 6.07) is 4.19. The number of aryl methyl sites for hydroxylation is 1. The molecule has 1 atom stereocenters. The molecule has 0 saturated carbocycles. The number of ether oxygens (including phenoxy) is 1. The molecule has 128 valence electrons. The minimum Gasteiger partial charge on any atom is -0.390 e. The van der Waals surface area contributed by atoms with Gasteiger partial charge in [-0.2, -0.15) is 0 Å². The molecule has 1 aromatic rings. The monoisotopic (exact) mass is 337 g/mol. The summed E-state index contributed by atoms with van der Waals surface area (Å²) < 4.78 is 6.00. The molecule has 0 bridgehead atoms. The first-order chi connectivity index (χ1) is 11.0. The van der Waals surface area contributed by atoms with Crippen LogP contribution in [-0.4, -0.2) is 46.8 Å². The van der Waals surface area contributed by atoms with E-state index in [9.17, 15) is 9.90 Å². The smallest absolute Gasteiger partial charge is 0.222 e. The summed E-state index contributed by atoms with van der Waals surface area (Å²) in [6.07, 6.45) is 5.64. The van der Waals surface area contributed by atoms with Gasteiger partial charge in [-0.3, -0.25) is 4.79 Å². The first kappa shape index (κ1) is 16.9. The second-order valence-electron chi connectivity index (χ2n) is 7.27. The Morgan fingerprint density at radius 2 is 2.17 bits per heavy atom. The van der Waals surface area contributed by atoms with Gasteiger partial charge in [-0.15, -0.1) is 11.3 Å². The fraction of sp³-hybridized carbons (Fsp3) is 0.722. The number of aliphatic hydroxyl groups is 1. The van der Waals surface area contributed by atoms with Crippen LogP contribution in [0.15, 0.2) is 17.5 Å². The van der Waals surface area contributed by atoms with Gasteiger partial charge in [0, 0.05) is 30.8 Å². The van der Waals surface area contributed by atoms with Crippen molar-refractivity contribution in [1.82, 2.24) is 4.90 Å². The highest BCUT2D eigenvalue weighted by molar-refractivity contribution is 7.09. The molecule has 0 radical (unpaired) electrons. The van der Waals surface area contributed by atoms with Crippen LogP contribution in [0.3, 0.4) is 0 Å². The summed E-state index contributed by atoms with van der Waals surface area (Å²) in [5.74, 6) is 0.263. The second-order valence-corrected chi connectivity index (χ2v) is 8.30. The number of piperidine rings is 1. The van der Waals surface area contributed by atoms with Gasteiger partial charge in [0.2, 0.25) is 5.91 Å². The van der Waals surface area contributed by atoms with Crippen LogP contribution < -0.4 is 0 Å². The zero-order valence-corrected chi connectivity index (χ0v) is 14.7. The molecule has 5 heteroatoms. The fourth-order valence-corrected chi connectivity index (χ4v) is 4.58. The van der Waals surface area contributed by atoms with Crippen LogP contribution in [0.25, 0.3) is 0 Å². The molecule has 23 heavy (non-hydrogen) atoms. The molecule has 2 fully saturated rings. The van der Waals surface area contributed by atoms with Crippen molar-refractivity contribution in [3.63, 3.8) is 0 Å². The van der Waals surface area contributed by atoms with Crippen LogP contribution in [0.5, 0.6) is 0 Å². The first-order valence-electron chi connectivity index (χ1n) is 8.65. The summed E-state index contributed by atoms with van der Waals surface area (Å²) in [7, 11) is 0.